The molecule has 0 aliphatic rings. The van der Waals surface area contributed by atoms with E-state index in [1.807, 2.05) is 36.4 Å². The molecule has 4 nitrogen and oxygen atoms in total. The third-order valence-corrected chi connectivity index (χ3v) is 23.7. The van der Waals surface area contributed by atoms with E-state index in [1.54, 1.807) is 0 Å². The van der Waals surface area contributed by atoms with Crippen LogP contribution >= 0.6 is 0 Å². The lowest BCUT2D eigenvalue weighted by Gasteiger charge is -2.15. The Labute approximate surface area is 722 Å². The number of aromatic nitrogens is 4. The third kappa shape index (κ3) is 15.4. The maximum Gasteiger partial charge on any atom is 0.0715 e. The van der Waals surface area contributed by atoms with Gasteiger partial charge < -0.3 is 0 Å². The SMILES string of the molecule is c1ccc(-c2cc(-c3cccc(-c4cccc5c4ccc4c(-c6cccc(-c7cc(-c8ccccc8)nc(-c8ccccc8)c7)c6)cccc45)c3)cc(-c3ccccc3)n2)cc1.c1ccc(-c2cc(-c3ccccc3)nc(-c3cccc(-c4cccc5c4ccc4c(-c6cccc(-c7cc(-c8ccccc8)cc(-c8ccccc8)n7)c6)cccc45)c3)c2)cc1. The molecule has 0 bridgehead atoms. The Kier molecular flexibility index (Phi) is 20.5. The van der Waals surface area contributed by atoms with Crippen molar-refractivity contribution in [2.24, 2.45) is 0 Å². The van der Waals surface area contributed by atoms with Gasteiger partial charge in [-0.2, -0.15) is 0 Å². The van der Waals surface area contributed by atoms with E-state index in [9.17, 15) is 0 Å². The lowest BCUT2D eigenvalue weighted by atomic mass is 9.90. The van der Waals surface area contributed by atoms with Crippen LogP contribution in [-0.4, -0.2) is 19.9 Å². The van der Waals surface area contributed by atoms with E-state index in [0.29, 0.717) is 0 Å². The van der Waals surface area contributed by atoms with Gasteiger partial charge in [-0.3, -0.25) is 0 Å². The largest absolute Gasteiger partial charge is 0.248 e. The molecule has 124 heavy (non-hydrogen) atoms. The van der Waals surface area contributed by atoms with Crippen LogP contribution in [0, 0.1) is 0 Å². The van der Waals surface area contributed by atoms with Crippen molar-refractivity contribution in [3.05, 3.63) is 485 Å². The monoisotopic (exact) mass is 1580 g/mol. The number of pyridine rings is 4. The van der Waals surface area contributed by atoms with Crippen molar-refractivity contribution in [1.29, 1.82) is 0 Å². The minimum Gasteiger partial charge on any atom is -0.248 e. The average Bonchev–Trinajstić information content (AvgIpc) is 0.754. The summed E-state index contributed by atoms with van der Waals surface area (Å²) in [4.78, 5) is 20.7. The van der Waals surface area contributed by atoms with Gasteiger partial charge in [-0.15, -0.1) is 0 Å². The molecule has 0 aliphatic heterocycles. The molecular formula is C120H80N4. The van der Waals surface area contributed by atoms with Crippen molar-refractivity contribution in [3.63, 3.8) is 0 Å². The number of hydrogen-bond acceptors (Lipinski definition) is 4. The van der Waals surface area contributed by atoms with Gasteiger partial charge in [0.2, 0.25) is 0 Å². The topological polar surface area (TPSA) is 51.6 Å². The molecule has 4 aromatic heterocycles. The second-order valence-corrected chi connectivity index (χ2v) is 31.5. The van der Waals surface area contributed by atoms with Gasteiger partial charge in [-0.1, -0.05) is 413 Å². The van der Waals surface area contributed by atoms with Crippen LogP contribution in [-0.2, 0) is 0 Å². The van der Waals surface area contributed by atoms with Crippen LogP contribution in [0.5, 0.6) is 0 Å². The van der Waals surface area contributed by atoms with E-state index in [4.69, 9.17) is 19.9 Å². The van der Waals surface area contributed by atoms with Crippen molar-refractivity contribution in [3.8, 4) is 179 Å². The molecule has 4 heteroatoms. The van der Waals surface area contributed by atoms with Crippen LogP contribution < -0.4 is 0 Å². The van der Waals surface area contributed by atoms with Crippen molar-refractivity contribution in [2.75, 3.05) is 0 Å². The highest BCUT2D eigenvalue weighted by Crippen LogP contribution is 2.44. The van der Waals surface area contributed by atoms with Gasteiger partial charge in [0.05, 0.1) is 45.6 Å². The van der Waals surface area contributed by atoms with E-state index in [0.717, 1.165) is 135 Å². The van der Waals surface area contributed by atoms with Gasteiger partial charge in [0, 0.05) is 44.5 Å². The molecule has 0 atom stereocenters. The lowest BCUT2D eigenvalue weighted by molar-refractivity contribution is 1.32. The quantitative estimate of drug-likeness (QED) is 0.0905. The van der Waals surface area contributed by atoms with Gasteiger partial charge in [-0.25, -0.2) is 19.9 Å². The van der Waals surface area contributed by atoms with E-state index in [1.165, 1.54) is 87.6 Å². The van der Waals surface area contributed by atoms with Gasteiger partial charge in [0.15, 0.2) is 0 Å². The number of nitrogens with zero attached hydrogens (tertiary/aromatic N) is 4. The lowest BCUT2D eigenvalue weighted by Crippen LogP contribution is -1.92. The van der Waals surface area contributed by atoms with Gasteiger partial charge >= 0.3 is 0 Å². The van der Waals surface area contributed by atoms with Crippen molar-refractivity contribution in [2.45, 2.75) is 0 Å². The molecule has 0 radical (unpaired) electrons. The van der Waals surface area contributed by atoms with Crippen LogP contribution in [0.25, 0.3) is 222 Å². The summed E-state index contributed by atoms with van der Waals surface area (Å²) in [5.74, 6) is 0. The molecule has 0 unspecified atom stereocenters. The number of rotatable bonds is 16. The van der Waals surface area contributed by atoms with Crippen LogP contribution in [0.3, 0.4) is 0 Å². The van der Waals surface area contributed by atoms with Crippen LogP contribution in [0.2, 0.25) is 0 Å². The molecular weight excluding hydrogens is 1500 g/mol. The van der Waals surface area contributed by atoms with E-state index < -0.39 is 0 Å². The first-order valence-electron chi connectivity index (χ1n) is 42.3. The maximum absolute atomic E-state index is 5.23. The second-order valence-electron chi connectivity index (χ2n) is 31.5. The van der Waals surface area contributed by atoms with Crippen LogP contribution in [0.15, 0.2) is 485 Å². The molecule has 580 valence electrons. The first-order chi connectivity index (χ1) is 61.4. The van der Waals surface area contributed by atoms with Gasteiger partial charge in [-0.05, 0) is 205 Å². The summed E-state index contributed by atoms with van der Waals surface area (Å²) in [5, 5.41) is 9.81. The first kappa shape index (κ1) is 75.1. The molecule has 0 saturated carbocycles. The fourth-order valence-electron chi connectivity index (χ4n) is 17.6. The summed E-state index contributed by atoms with van der Waals surface area (Å²) >= 11 is 0. The van der Waals surface area contributed by atoms with Gasteiger partial charge in [0.25, 0.3) is 0 Å². The van der Waals surface area contributed by atoms with E-state index in [-0.39, 0.29) is 0 Å². The molecule has 4 heterocycles. The Morgan fingerprint density at radius 3 is 0.476 bits per heavy atom. The Bertz CT molecular complexity index is 6520. The minimum absolute atomic E-state index is 0.947. The third-order valence-electron chi connectivity index (χ3n) is 23.7. The minimum atomic E-state index is 0.947. The smallest absolute Gasteiger partial charge is 0.0715 e. The standard InChI is InChI=1S/2C60H40N2/c1-5-17-41(18-6-1)49-37-57(43-21-9-3-10-22-43)61-59(39-49)47-27-13-25-45(35-47)51-29-15-31-53-54-32-16-30-52(56(54)34-33-55(51)53)46-26-14-28-48(36-46)60-40-50(42-19-7-2-8-20-42)38-58(62-60)44-23-11-4-12-24-44;1-5-17-41(18-6-1)57-37-49(38-58(61-57)42-19-7-2-8-20-42)45-25-13-27-47(35-45)51-29-15-31-53-54-32-16-30-52(56(54)34-33-55(51)53)48-28-14-26-46(36-48)50-39-59(43-21-9-3-10-22-43)62-60(40-50)44-23-11-4-12-24-44/h2*1-40H. The average molecular weight is 1580 g/mol. The Balaban J connectivity index is 0.000000152. The summed E-state index contributed by atoms with van der Waals surface area (Å²) in [6, 6.07) is 173. The molecule has 0 fully saturated rings. The van der Waals surface area contributed by atoms with Crippen molar-refractivity contribution >= 4 is 43.1 Å². The van der Waals surface area contributed by atoms with Crippen molar-refractivity contribution in [1.82, 2.24) is 19.9 Å². The molecule has 0 N–H and O–H groups in total. The van der Waals surface area contributed by atoms with Gasteiger partial charge in [0.1, 0.15) is 0 Å². The highest BCUT2D eigenvalue weighted by atomic mass is 14.7. The summed E-state index contributed by atoms with van der Waals surface area (Å²) in [5.41, 5.74) is 35.1. The van der Waals surface area contributed by atoms with Crippen LogP contribution in [0.4, 0.5) is 0 Å². The number of benzene rings is 18. The zero-order valence-corrected chi connectivity index (χ0v) is 68.0. The highest BCUT2D eigenvalue weighted by Gasteiger charge is 2.20. The van der Waals surface area contributed by atoms with Crippen LogP contribution in [0.1, 0.15) is 0 Å². The normalized spacial score (nSPS) is 11.2. The van der Waals surface area contributed by atoms with E-state index >= 15 is 0 Å². The molecule has 0 spiro atoms. The maximum atomic E-state index is 5.23. The predicted octanol–water partition coefficient (Wildman–Crippen LogP) is 32.2. The molecule has 0 amide bonds. The highest BCUT2D eigenvalue weighted by molar-refractivity contribution is 6.17. The Morgan fingerprint density at radius 2 is 0.250 bits per heavy atom. The summed E-state index contributed by atoms with van der Waals surface area (Å²) in [7, 11) is 0. The molecule has 18 aromatic carbocycles. The van der Waals surface area contributed by atoms with E-state index in [2.05, 4.69) is 449 Å². The Hall–Kier alpha value is -16.4. The number of fused-ring (bicyclic) bond motifs is 6. The summed E-state index contributed by atoms with van der Waals surface area (Å²) < 4.78 is 0. The first-order valence-corrected chi connectivity index (χ1v) is 42.3. The fraction of sp³-hybridized carbons (Fsp3) is 0. The summed E-state index contributed by atoms with van der Waals surface area (Å²) in [6.45, 7) is 0. The molecule has 22 aromatic rings. The number of hydrogen-bond donors (Lipinski definition) is 0. The fourth-order valence-corrected chi connectivity index (χ4v) is 17.6. The zero-order chi connectivity index (χ0) is 82.5. The van der Waals surface area contributed by atoms with Crippen molar-refractivity contribution < 1.29 is 0 Å². The molecule has 0 aliphatic carbocycles. The molecule has 0 saturated heterocycles. The zero-order valence-electron chi connectivity index (χ0n) is 68.0. The second kappa shape index (κ2) is 33.8. The Morgan fingerprint density at radius 1 is 0.0887 bits per heavy atom. The summed E-state index contributed by atoms with van der Waals surface area (Å²) in [6.07, 6.45) is 0. The predicted molar refractivity (Wildman–Crippen MR) is 521 cm³/mol. The molecule has 22 rings (SSSR count).